The Hall–Kier alpha value is -1.10. The zero-order valence-electron chi connectivity index (χ0n) is 6.49. The summed E-state index contributed by atoms with van der Waals surface area (Å²) in [4.78, 5) is 20.7. The van der Waals surface area contributed by atoms with E-state index in [-0.39, 0.29) is 0 Å². The highest BCUT2D eigenvalue weighted by molar-refractivity contribution is 5.72. The van der Waals surface area contributed by atoms with Crippen LogP contribution in [0.1, 0.15) is 19.3 Å². The molecular weight excluding hydrogens is 162 g/mol. The molecule has 1 fully saturated rings. The third kappa shape index (κ3) is 1.94. The van der Waals surface area contributed by atoms with Gasteiger partial charge in [0.05, 0.1) is 11.9 Å². The molecule has 1 heterocycles. The number of carbonyl (C=O) groups excluding carboxylic acids is 2. The molecular formula is C7H10NO4-. The van der Waals surface area contributed by atoms with E-state index in [1.165, 1.54) is 5.32 Å². The van der Waals surface area contributed by atoms with Crippen LogP contribution in [-0.4, -0.2) is 24.0 Å². The van der Waals surface area contributed by atoms with Crippen molar-refractivity contribution in [3.8, 4) is 0 Å². The van der Waals surface area contributed by atoms with Crippen LogP contribution in [0.5, 0.6) is 0 Å². The third-order valence-corrected chi connectivity index (χ3v) is 2.10. The number of piperidine rings is 1. The number of carboxylic acids is 2. The van der Waals surface area contributed by atoms with Crippen molar-refractivity contribution < 1.29 is 25.1 Å². The van der Waals surface area contributed by atoms with E-state index < -0.39 is 24.0 Å². The predicted molar refractivity (Wildman–Crippen MR) is 33.4 cm³/mol. The Kier molecular flexibility index (Phi) is 2.65. The lowest BCUT2D eigenvalue weighted by molar-refractivity contribution is -0.717. The second-order valence-electron chi connectivity index (χ2n) is 2.97. The monoisotopic (exact) mass is 172 g/mol. The van der Waals surface area contributed by atoms with Crippen LogP contribution in [0.3, 0.4) is 0 Å². The fraction of sp³-hybridized carbons (Fsp3) is 0.714. The topological polar surface area (TPSA) is 96.9 Å². The van der Waals surface area contributed by atoms with Crippen LogP contribution < -0.4 is 15.5 Å². The largest absolute Gasteiger partial charge is 0.544 e. The quantitative estimate of drug-likeness (QED) is 0.458. The minimum absolute atomic E-state index is 0.478. The fourth-order valence-electron chi connectivity index (χ4n) is 1.42. The summed E-state index contributed by atoms with van der Waals surface area (Å²) in [6, 6.07) is -1.44. The Labute approximate surface area is 69.4 Å². The van der Waals surface area contributed by atoms with Crippen molar-refractivity contribution in [2.45, 2.75) is 31.3 Å². The Balaban J connectivity index is 2.51. The number of quaternary nitrogens is 1. The van der Waals surface area contributed by atoms with Gasteiger partial charge in [0.1, 0.15) is 12.1 Å². The van der Waals surface area contributed by atoms with E-state index in [4.69, 9.17) is 0 Å². The number of carboxylic acid groups (broad SMARTS) is 2. The van der Waals surface area contributed by atoms with E-state index in [0.29, 0.717) is 19.3 Å². The van der Waals surface area contributed by atoms with E-state index >= 15 is 0 Å². The lowest BCUT2D eigenvalue weighted by atomic mass is 9.99. The first-order valence-electron chi connectivity index (χ1n) is 3.88. The van der Waals surface area contributed by atoms with Crippen molar-refractivity contribution in [1.29, 1.82) is 0 Å². The van der Waals surface area contributed by atoms with Gasteiger partial charge >= 0.3 is 0 Å². The number of nitrogens with two attached hydrogens (primary N) is 1. The van der Waals surface area contributed by atoms with Crippen LogP contribution >= 0.6 is 0 Å². The Bertz CT molecular complexity index is 184. The minimum Gasteiger partial charge on any atom is -0.544 e. The average molecular weight is 172 g/mol. The zero-order valence-corrected chi connectivity index (χ0v) is 6.49. The summed E-state index contributed by atoms with van der Waals surface area (Å²) in [5.74, 6) is -2.39. The molecule has 5 heteroatoms. The average Bonchev–Trinajstić information content (AvgIpc) is 2.04. The Morgan fingerprint density at radius 3 is 1.83 bits per heavy atom. The first-order valence-corrected chi connectivity index (χ1v) is 3.88. The van der Waals surface area contributed by atoms with Crippen molar-refractivity contribution in [3.05, 3.63) is 0 Å². The van der Waals surface area contributed by atoms with Crippen molar-refractivity contribution in [2.75, 3.05) is 0 Å². The second-order valence-corrected chi connectivity index (χ2v) is 2.97. The number of hydrogen-bond donors (Lipinski definition) is 1. The number of hydrogen-bond acceptors (Lipinski definition) is 4. The van der Waals surface area contributed by atoms with Gasteiger partial charge < -0.3 is 25.1 Å². The molecule has 68 valence electrons. The lowest BCUT2D eigenvalue weighted by Crippen LogP contribution is -3.01. The standard InChI is InChI=1S/C7H11NO4/c9-6(10)4-2-1-3-5(8-4)7(11)12/h4-5,8H,1-3H2,(H,9,10)(H,11,12)/p-1/t4-,5-/m0/s1. The van der Waals surface area contributed by atoms with Crippen LogP contribution in [0.4, 0.5) is 0 Å². The van der Waals surface area contributed by atoms with Crippen LogP contribution in [0.2, 0.25) is 0 Å². The Morgan fingerprint density at radius 2 is 1.50 bits per heavy atom. The molecule has 0 bridgehead atoms. The number of aliphatic carboxylic acids is 2. The van der Waals surface area contributed by atoms with Crippen molar-refractivity contribution in [2.24, 2.45) is 0 Å². The maximum atomic E-state index is 10.4. The molecule has 2 N–H and O–H groups in total. The molecule has 0 aromatic carbocycles. The van der Waals surface area contributed by atoms with Gasteiger partial charge in [-0.05, 0) is 6.42 Å². The minimum atomic E-state index is -1.19. The highest BCUT2D eigenvalue weighted by Gasteiger charge is 2.26. The van der Waals surface area contributed by atoms with Gasteiger partial charge in [0.25, 0.3) is 0 Å². The highest BCUT2D eigenvalue weighted by Crippen LogP contribution is 2.05. The molecule has 0 aromatic rings. The van der Waals surface area contributed by atoms with Gasteiger partial charge in [-0.3, -0.25) is 0 Å². The number of rotatable bonds is 2. The SMILES string of the molecule is O=C([O-])[C@@H]1CCC[C@@H](C(=O)[O-])[NH2+]1. The fourth-order valence-corrected chi connectivity index (χ4v) is 1.42. The summed E-state index contributed by atoms with van der Waals surface area (Å²) >= 11 is 0. The maximum absolute atomic E-state index is 10.4. The molecule has 1 saturated heterocycles. The second kappa shape index (κ2) is 3.53. The van der Waals surface area contributed by atoms with E-state index in [1.54, 1.807) is 0 Å². The molecule has 1 aliphatic heterocycles. The zero-order chi connectivity index (χ0) is 9.14. The van der Waals surface area contributed by atoms with E-state index in [1.807, 2.05) is 0 Å². The molecule has 5 nitrogen and oxygen atoms in total. The van der Waals surface area contributed by atoms with Gasteiger partial charge in [-0.15, -0.1) is 0 Å². The van der Waals surface area contributed by atoms with Crippen LogP contribution in [0.15, 0.2) is 0 Å². The third-order valence-electron chi connectivity index (χ3n) is 2.10. The van der Waals surface area contributed by atoms with E-state index in [9.17, 15) is 19.8 Å². The summed E-state index contributed by atoms with van der Waals surface area (Å²) in [5.41, 5.74) is 0. The van der Waals surface area contributed by atoms with E-state index in [0.717, 1.165) is 0 Å². The molecule has 0 aliphatic carbocycles. The molecule has 0 aromatic heterocycles. The summed E-state index contributed by atoms with van der Waals surface area (Å²) < 4.78 is 0. The van der Waals surface area contributed by atoms with Gasteiger partial charge in [0.2, 0.25) is 0 Å². The van der Waals surface area contributed by atoms with E-state index in [2.05, 4.69) is 0 Å². The molecule has 0 spiro atoms. The summed E-state index contributed by atoms with van der Waals surface area (Å²) in [6.45, 7) is 0. The number of carbonyl (C=O) groups is 2. The van der Waals surface area contributed by atoms with Crippen molar-refractivity contribution >= 4 is 11.9 Å². The molecule has 0 saturated carbocycles. The molecule has 1 rings (SSSR count). The van der Waals surface area contributed by atoms with Crippen LogP contribution in [0, 0.1) is 0 Å². The first-order chi connectivity index (χ1) is 5.61. The van der Waals surface area contributed by atoms with Crippen molar-refractivity contribution in [3.63, 3.8) is 0 Å². The van der Waals surface area contributed by atoms with Crippen molar-refractivity contribution in [1.82, 2.24) is 0 Å². The Morgan fingerprint density at radius 1 is 1.08 bits per heavy atom. The van der Waals surface area contributed by atoms with Gasteiger partial charge in [0.15, 0.2) is 0 Å². The lowest BCUT2D eigenvalue weighted by Gasteiger charge is -2.28. The molecule has 0 unspecified atom stereocenters. The van der Waals surface area contributed by atoms with Gasteiger partial charge in [-0.1, -0.05) is 0 Å². The molecule has 2 atom stereocenters. The van der Waals surface area contributed by atoms with Crippen LogP contribution in [0.25, 0.3) is 0 Å². The van der Waals surface area contributed by atoms with Gasteiger partial charge in [0, 0.05) is 12.8 Å². The smallest absolute Gasteiger partial charge is 0.127 e. The maximum Gasteiger partial charge on any atom is 0.127 e. The summed E-state index contributed by atoms with van der Waals surface area (Å²) in [5, 5.41) is 22.0. The highest BCUT2D eigenvalue weighted by atomic mass is 16.4. The predicted octanol–water partition coefficient (Wildman–Crippen LogP) is -4.03. The molecule has 1 aliphatic rings. The first kappa shape index (κ1) is 8.99. The molecule has 0 amide bonds. The summed E-state index contributed by atoms with van der Waals surface area (Å²) in [7, 11) is 0. The summed E-state index contributed by atoms with van der Waals surface area (Å²) in [6.07, 6.45) is 1.56. The van der Waals surface area contributed by atoms with Gasteiger partial charge in [-0.25, -0.2) is 0 Å². The molecule has 0 radical (unpaired) electrons. The molecule has 12 heavy (non-hydrogen) atoms. The normalized spacial score (nSPS) is 29.7. The van der Waals surface area contributed by atoms with Gasteiger partial charge in [-0.2, -0.15) is 0 Å². The van der Waals surface area contributed by atoms with Crippen LogP contribution in [-0.2, 0) is 9.59 Å².